The normalized spacial score (nSPS) is 15.8. The van der Waals surface area contributed by atoms with Gasteiger partial charge in [-0.1, -0.05) is 18.0 Å². The van der Waals surface area contributed by atoms with Crippen molar-refractivity contribution < 1.29 is 14.0 Å². The van der Waals surface area contributed by atoms with Crippen LogP contribution in [0.5, 0.6) is 5.75 Å². The Kier molecular flexibility index (Phi) is 4.72. The molecule has 0 unspecified atom stereocenters. The molecule has 1 saturated carbocycles. The van der Waals surface area contributed by atoms with Gasteiger partial charge < -0.3 is 15.4 Å². The Labute approximate surface area is 155 Å². The topological polar surface area (TPSA) is 103 Å². The number of aromatic nitrogens is 4. The number of nitrogens with zero attached hydrogens (tertiary/aromatic N) is 4. The number of aromatic hydroxyl groups is 1. The summed E-state index contributed by atoms with van der Waals surface area (Å²) >= 11 is 0. The van der Waals surface area contributed by atoms with E-state index in [1.54, 1.807) is 13.0 Å². The Morgan fingerprint density at radius 3 is 2.73 bits per heavy atom. The molecule has 2 heterocycles. The minimum Gasteiger partial charge on any atom is -0.504 e. The van der Waals surface area contributed by atoms with Crippen LogP contribution in [-0.2, 0) is 5.54 Å². The number of rotatable bonds is 3. The summed E-state index contributed by atoms with van der Waals surface area (Å²) in [7, 11) is 0. The van der Waals surface area contributed by atoms with Crippen molar-refractivity contribution in [1.82, 2.24) is 19.9 Å². The summed E-state index contributed by atoms with van der Waals surface area (Å²) in [6.07, 6.45) is 5.10. The maximum Gasteiger partial charge on any atom is 0.282 e. The van der Waals surface area contributed by atoms with Crippen molar-refractivity contribution in [3.8, 4) is 23.0 Å². The van der Waals surface area contributed by atoms with Crippen molar-refractivity contribution in [1.29, 1.82) is 0 Å². The molecule has 4 rings (SSSR count). The van der Waals surface area contributed by atoms with E-state index in [-0.39, 0.29) is 35.6 Å². The Morgan fingerprint density at radius 2 is 2.04 bits per heavy atom. The van der Waals surface area contributed by atoms with Gasteiger partial charge in [0.2, 0.25) is 0 Å². The highest BCUT2D eigenvalue weighted by Gasteiger charge is 2.36. The van der Waals surface area contributed by atoms with E-state index in [9.17, 15) is 9.50 Å². The van der Waals surface area contributed by atoms with Crippen LogP contribution >= 0.6 is 12.4 Å². The second-order valence-corrected chi connectivity index (χ2v) is 6.52. The SMILES string of the molecule is Cc1cc(F)ccc1-n1cc(O)c(-c2nc(C3(N)CCCC3)no2)n1.Cl. The molecular weight excluding hydrogens is 361 g/mol. The average Bonchev–Trinajstić information content (AvgIpc) is 3.27. The lowest BCUT2D eigenvalue weighted by Crippen LogP contribution is -2.34. The first-order valence-electron chi connectivity index (χ1n) is 8.15. The van der Waals surface area contributed by atoms with Crippen LogP contribution in [0, 0.1) is 12.7 Å². The fraction of sp³-hybridized carbons (Fsp3) is 0.353. The molecule has 3 N–H and O–H groups in total. The van der Waals surface area contributed by atoms with Gasteiger partial charge in [-0.15, -0.1) is 12.4 Å². The number of aryl methyl sites for hydroxylation is 1. The lowest BCUT2D eigenvalue weighted by atomic mass is 9.99. The second-order valence-electron chi connectivity index (χ2n) is 6.52. The van der Waals surface area contributed by atoms with Crippen molar-refractivity contribution in [3.05, 3.63) is 41.6 Å². The molecule has 0 bridgehead atoms. The third kappa shape index (κ3) is 3.06. The van der Waals surface area contributed by atoms with Crippen LogP contribution < -0.4 is 5.73 Å². The van der Waals surface area contributed by atoms with Crippen LogP contribution in [0.25, 0.3) is 17.3 Å². The fourth-order valence-corrected chi connectivity index (χ4v) is 3.27. The maximum atomic E-state index is 13.3. The molecule has 0 saturated heterocycles. The summed E-state index contributed by atoms with van der Waals surface area (Å²) in [5, 5.41) is 18.5. The molecule has 0 atom stereocenters. The Bertz CT molecular complexity index is 933. The zero-order valence-electron chi connectivity index (χ0n) is 14.1. The van der Waals surface area contributed by atoms with E-state index in [1.165, 1.54) is 23.0 Å². The molecule has 1 aliphatic rings. The van der Waals surface area contributed by atoms with E-state index in [4.69, 9.17) is 10.3 Å². The van der Waals surface area contributed by atoms with Crippen molar-refractivity contribution >= 4 is 12.4 Å². The molecule has 1 fully saturated rings. The van der Waals surface area contributed by atoms with Crippen LogP contribution in [0.2, 0.25) is 0 Å². The lowest BCUT2D eigenvalue weighted by Gasteiger charge is -2.17. The van der Waals surface area contributed by atoms with Crippen LogP contribution in [0.1, 0.15) is 37.1 Å². The zero-order valence-corrected chi connectivity index (χ0v) is 15.0. The zero-order chi connectivity index (χ0) is 17.6. The average molecular weight is 380 g/mol. The number of hydrogen-bond donors (Lipinski definition) is 2. The first-order chi connectivity index (χ1) is 12.0. The van der Waals surface area contributed by atoms with Crippen LogP contribution in [0.4, 0.5) is 4.39 Å². The van der Waals surface area contributed by atoms with Gasteiger partial charge in [0.25, 0.3) is 5.89 Å². The minimum atomic E-state index is -0.576. The van der Waals surface area contributed by atoms with E-state index >= 15 is 0 Å². The maximum absolute atomic E-state index is 13.3. The van der Waals surface area contributed by atoms with Gasteiger partial charge in [-0.25, -0.2) is 9.07 Å². The molecule has 26 heavy (non-hydrogen) atoms. The number of benzene rings is 1. The van der Waals surface area contributed by atoms with Gasteiger partial charge in [-0.3, -0.25) is 0 Å². The third-order valence-electron chi connectivity index (χ3n) is 4.67. The largest absolute Gasteiger partial charge is 0.504 e. The highest BCUT2D eigenvalue weighted by Crippen LogP contribution is 2.36. The summed E-state index contributed by atoms with van der Waals surface area (Å²) in [6, 6.07) is 4.33. The second kappa shape index (κ2) is 6.69. The molecule has 0 radical (unpaired) electrons. The molecule has 7 nitrogen and oxygen atoms in total. The van der Waals surface area contributed by atoms with Gasteiger partial charge in [0.1, 0.15) is 5.82 Å². The summed E-state index contributed by atoms with van der Waals surface area (Å²) in [5.74, 6) is 0.121. The molecular formula is C17H19ClFN5O2. The van der Waals surface area contributed by atoms with Gasteiger partial charge in [-0.05, 0) is 43.5 Å². The monoisotopic (exact) mass is 379 g/mol. The number of nitrogens with two attached hydrogens (primary N) is 1. The third-order valence-corrected chi connectivity index (χ3v) is 4.67. The smallest absolute Gasteiger partial charge is 0.282 e. The summed E-state index contributed by atoms with van der Waals surface area (Å²) in [4.78, 5) is 4.34. The molecule has 9 heteroatoms. The molecule has 0 spiro atoms. The predicted molar refractivity (Wildman–Crippen MR) is 94.8 cm³/mol. The van der Waals surface area contributed by atoms with Crippen molar-refractivity contribution in [2.45, 2.75) is 38.1 Å². The minimum absolute atomic E-state index is 0. The van der Waals surface area contributed by atoms with Gasteiger partial charge in [0, 0.05) is 0 Å². The van der Waals surface area contributed by atoms with Gasteiger partial charge in [0.15, 0.2) is 17.3 Å². The predicted octanol–water partition coefficient (Wildman–Crippen LogP) is 3.23. The molecule has 0 aliphatic heterocycles. The lowest BCUT2D eigenvalue weighted by molar-refractivity contribution is 0.371. The Hall–Kier alpha value is -2.45. The van der Waals surface area contributed by atoms with E-state index < -0.39 is 5.54 Å². The molecule has 0 amide bonds. The standard InChI is InChI=1S/C17H18FN5O2.ClH/c1-10-8-11(18)4-5-12(10)23-9-13(24)14(21-23)15-20-16(22-25-15)17(19)6-2-3-7-17;/h4-5,8-9,24H,2-3,6-7,19H2,1H3;1H. The number of hydrogen-bond acceptors (Lipinski definition) is 6. The van der Waals surface area contributed by atoms with Crippen molar-refractivity contribution in [3.63, 3.8) is 0 Å². The highest BCUT2D eigenvalue weighted by atomic mass is 35.5. The Morgan fingerprint density at radius 1 is 1.31 bits per heavy atom. The molecule has 138 valence electrons. The molecule has 1 aliphatic carbocycles. The fourth-order valence-electron chi connectivity index (χ4n) is 3.27. The summed E-state index contributed by atoms with van der Waals surface area (Å²) in [6.45, 7) is 1.76. The van der Waals surface area contributed by atoms with Crippen molar-refractivity contribution in [2.75, 3.05) is 0 Å². The van der Waals surface area contributed by atoms with E-state index in [0.717, 1.165) is 25.7 Å². The van der Waals surface area contributed by atoms with Crippen LogP contribution in [0.3, 0.4) is 0 Å². The van der Waals surface area contributed by atoms with E-state index in [1.807, 2.05) is 0 Å². The van der Waals surface area contributed by atoms with E-state index in [2.05, 4.69) is 15.2 Å². The van der Waals surface area contributed by atoms with Crippen LogP contribution in [0.15, 0.2) is 28.9 Å². The van der Waals surface area contributed by atoms with Gasteiger partial charge in [-0.2, -0.15) is 10.1 Å². The molecule has 3 aromatic rings. The molecule has 1 aromatic carbocycles. The summed E-state index contributed by atoms with van der Waals surface area (Å²) in [5.41, 5.74) is 7.26. The van der Waals surface area contributed by atoms with Gasteiger partial charge in [0.05, 0.1) is 17.4 Å². The van der Waals surface area contributed by atoms with Crippen molar-refractivity contribution in [2.24, 2.45) is 5.73 Å². The quantitative estimate of drug-likeness (QED) is 0.724. The van der Waals surface area contributed by atoms with Crippen LogP contribution in [-0.4, -0.2) is 25.0 Å². The first-order valence-corrected chi connectivity index (χ1v) is 8.15. The highest BCUT2D eigenvalue weighted by molar-refractivity contribution is 5.85. The molecule has 2 aromatic heterocycles. The van der Waals surface area contributed by atoms with E-state index in [0.29, 0.717) is 17.1 Å². The first kappa shape index (κ1) is 18.3. The summed E-state index contributed by atoms with van der Waals surface area (Å²) < 4.78 is 20.0. The Balaban J connectivity index is 0.00000196. The number of halogens is 2. The van der Waals surface area contributed by atoms with Gasteiger partial charge >= 0.3 is 0 Å².